The first kappa shape index (κ1) is 15.0. The fourth-order valence-electron chi connectivity index (χ4n) is 1.90. The van der Waals surface area contributed by atoms with Gasteiger partial charge in [-0.3, -0.25) is 9.59 Å². The Hall–Kier alpha value is -2.04. The molecular formula is C14H21N3O2. The lowest BCUT2D eigenvalue weighted by Crippen LogP contribution is -2.17. The molecule has 0 heterocycles. The first-order valence-corrected chi connectivity index (χ1v) is 6.42. The fourth-order valence-corrected chi connectivity index (χ4v) is 1.90. The maximum Gasteiger partial charge on any atom is 0.248 e. The molecule has 0 aliphatic rings. The van der Waals surface area contributed by atoms with Crippen LogP contribution in [0.1, 0.15) is 47.4 Å². The van der Waals surface area contributed by atoms with Gasteiger partial charge in [0.25, 0.3) is 0 Å². The summed E-state index contributed by atoms with van der Waals surface area (Å²) in [5.74, 6) is -0.639. The van der Waals surface area contributed by atoms with Gasteiger partial charge in [-0.05, 0) is 30.5 Å². The van der Waals surface area contributed by atoms with Gasteiger partial charge in [0.05, 0.1) is 0 Å². The molecule has 0 bridgehead atoms. The summed E-state index contributed by atoms with van der Waals surface area (Å²) >= 11 is 0. The summed E-state index contributed by atoms with van der Waals surface area (Å²) in [5.41, 5.74) is 11.7. The normalized spacial score (nSPS) is 11.9. The van der Waals surface area contributed by atoms with E-state index in [1.54, 1.807) is 12.1 Å². The maximum absolute atomic E-state index is 11.2. The van der Waals surface area contributed by atoms with Gasteiger partial charge in [0.2, 0.25) is 11.8 Å². The van der Waals surface area contributed by atoms with Crippen LogP contribution in [0, 0.1) is 5.92 Å². The lowest BCUT2D eigenvalue weighted by atomic mass is 10.1. The quantitative estimate of drug-likeness (QED) is 0.698. The molecule has 1 atom stereocenters. The van der Waals surface area contributed by atoms with Gasteiger partial charge >= 0.3 is 0 Å². The number of nitrogens with one attached hydrogen (secondary N) is 1. The van der Waals surface area contributed by atoms with Gasteiger partial charge in [0.1, 0.15) is 0 Å². The molecule has 0 saturated heterocycles. The molecule has 1 unspecified atom stereocenters. The van der Waals surface area contributed by atoms with Gasteiger partial charge in [-0.25, -0.2) is 0 Å². The molecule has 0 fully saturated rings. The van der Waals surface area contributed by atoms with Gasteiger partial charge in [-0.2, -0.15) is 0 Å². The van der Waals surface area contributed by atoms with E-state index in [4.69, 9.17) is 11.5 Å². The Morgan fingerprint density at radius 3 is 2.11 bits per heavy atom. The van der Waals surface area contributed by atoms with Crippen LogP contribution in [-0.2, 0) is 0 Å². The van der Waals surface area contributed by atoms with Crippen molar-refractivity contribution < 1.29 is 9.59 Å². The molecule has 5 N–H and O–H groups in total. The predicted molar refractivity (Wildman–Crippen MR) is 76.0 cm³/mol. The lowest BCUT2D eigenvalue weighted by Gasteiger charge is -2.13. The smallest absolute Gasteiger partial charge is 0.248 e. The van der Waals surface area contributed by atoms with Gasteiger partial charge in [-0.15, -0.1) is 0 Å². The minimum Gasteiger partial charge on any atom is -0.385 e. The van der Waals surface area contributed by atoms with Crippen molar-refractivity contribution in [1.29, 1.82) is 0 Å². The molecule has 19 heavy (non-hydrogen) atoms. The molecule has 0 spiro atoms. The molecule has 0 aromatic heterocycles. The van der Waals surface area contributed by atoms with Crippen molar-refractivity contribution in [2.24, 2.45) is 17.4 Å². The number of carbonyl (C=O) groups excluding carboxylic acids is 2. The molecule has 0 radical (unpaired) electrons. The Morgan fingerprint density at radius 1 is 1.16 bits per heavy atom. The molecule has 1 aromatic carbocycles. The number of carbonyl (C=O) groups is 2. The van der Waals surface area contributed by atoms with Crippen molar-refractivity contribution in [3.8, 4) is 0 Å². The molecule has 0 aliphatic heterocycles. The summed E-state index contributed by atoms with van der Waals surface area (Å²) in [6, 6.07) is 4.67. The number of primary amides is 2. The second-order valence-electron chi connectivity index (χ2n) is 4.80. The highest BCUT2D eigenvalue weighted by atomic mass is 16.1. The fraction of sp³-hybridized carbons (Fsp3) is 0.429. The predicted octanol–water partition coefficient (Wildman–Crippen LogP) is 1.73. The van der Waals surface area contributed by atoms with Crippen LogP contribution < -0.4 is 16.8 Å². The second kappa shape index (κ2) is 6.78. The summed E-state index contributed by atoms with van der Waals surface area (Å²) in [6.45, 7) is 5.05. The summed E-state index contributed by atoms with van der Waals surface area (Å²) in [7, 11) is 0. The number of hydrogen-bond acceptors (Lipinski definition) is 3. The summed E-state index contributed by atoms with van der Waals surface area (Å²) in [6.07, 6.45) is 2.24. The Balaban J connectivity index is 2.87. The van der Waals surface area contributed by atoms with Gasteiger partial charge in [0.15, 0.2) is 0 Å². The van der Waals surface area contributed by atoms with Gasteiger partial charge in [-0.1, -0.05) is 20.3 Å². The van der Waals surface area contributed by atoms with Crippen LogP contribution in [0.2, 0.25) is 0 Å². The standard InChI is InChI=1S/C14H21N3O2/c1-3-4-9(2)8-17-12-6-10(13(15)18)5-11(7-12)14(16)19/h5-7,9,17H,3-4,8H2,1-2H3,(H2,15,18)(H2,16,19). The highest BCUT2D eigenvalue weighted by Gasteiger charge is 2.09. The van der Waals surface area contributed by atoms with E-state index >= 15 is 0 Å². The Kier molecular flexibility index (Phi) is 5.36. The maximum atomic E-state index is 11.2. The van der Waals surface area contributed by atoms with Crippen molar-refractivity contribution in [2.75, 3.05) is 11.9 Å². The van der Waals surface area contributed by atoms with Crippen LogP contribution in [-0.4, -0.2) is 18.4 Å². The topological polar surface area (TPSA) is 98.2 Å². The molecule has 0 saturated carbocycles. The zero-order valence-electron chi connectivity index (χ0n) is 11.4. The molecular weight excluding hydrogens is 242 g/mol. The van der Waals surface area contributed by atoms with E-state index in [9.17, 15) is 9.59 Å². The molecule has 0 aliphatic carbocycles. The SMILES string of the molecule is CCCC(C)CNc1cc(C(N)=O)cc(C(N)=O)c1. The van der Waals surface area contributed by atoms with E-state index in [0.717, 1.165) is 19.4 Å². The van der Waals surface area contributed by atoms with E-state index in [1.807, 2.05) is 0 Å². The minimum absolute atomic E-state index is 0.280. The van der Waals surface area contributed by atoms with Gasteiger partial charge < -0.3 is 16.8 Å². The molecule has 1 rings (SSSR count). The molecule has 5 heteroatoms. The number of benzene rings is 1. The van der Waals surface area contributed by atoms with Crippen LogP contribution in [0.25, 0.3) is 0 Å². The molecule has 2 amide bonds. The molecule has 1 aromatic rings. The monoisotopic (exact) mass is 263 g/mol. The van der Waals surface area contributed by atoms with Crippen molar-refractivity contribution in [2.45, 2.75) is 26.7 Å². The number of amides is 2. The first-order valence-electron chi connectivity index (χ1n) is 6.42. The van der Waals surface area contributed by atoms with Crippen LogP contribution in [0.15, 0.2) is 18.2 Å². The molecule has 104 valence electrons. The summed E-state index contributed by atoms with van der Waals surface area (Å²) in [4.78, 5) is 22.4. The van der Waals surface area contributed by atoms with E-state index in [0.29, 0.717) is 11.6 Å². The van der Waals surface area contributed by atoms with Gasteiger partial charge in [0, 0.05) is 23.4 Å². The largest absolute Gasteiger partial charge is 0.385 e. The van der Waals surface area contributed by atoms with Crippen LogP contribution in [0.5, 0.6) is 0 Å². The van der Waals surface area contributed by atoms with Crippen LogP contribution in [0.3, 0.4) is 0 Å². The third kappa shape index (κ3) is 4.62. The third-order valence-corrected chi connectivity index (χ3v) is 2.94. The van der Waals surface area contributed by atoms with E-state index in [-0.39, 0.29) is 11.1 Å². The van der Waals surface area contributed by atoms with Crippen molar-refractivity contribution in [1.82, 2.24) is 0 Å². The number of anilines is 1. The number of rotatable bonds is 7. The number of hydrogen-bond donors (Lipinski definition) is 3. The van der Waals surface area contributed by atoms with E-state index in [1.165, 1.54) is 6.07 Å². The third-order valence-electron chi connectivity index (χ3n) is 2.94. The zero-order chi connectivity index (χ0) is 14.4. The Bertz CT molecular complexity index is 440. The van der Waals surface area contributed by atoms with Crippen molar-refractivity contribution in [3.05, 3.63) is 29.3 Å². The Labute approximate surface area is 113 Å². The minimum atomic E-state index is -0.576. The van der Waals surface area contributed by atoms with E-state index < -0.39 is 11.8 Å². The summed E-state index contributed by atoms with van der Waals surface area (Å²) < 4.78 is 0. The van der Waals surface area contributed by atoms with Crippen LogP contribution >= 0.6 is 0 Å². The summed E-state index contributed by atoms with van der Waals surface area (Å²) in [5, 5.41) is 3.20. The second-order valence-corrected chi connectivity index (χ2v) is 4.80. The number of nitrogens with two attached hydrogens (primary N) is 2. The lowest BCUT2D eigenvalue weighted by molar-refractivity contribution is 0.0999. The average molecular weight is 263 g/mol. The van der Waals surface area contributed by atoms with Crippen LogP contribution in [0.4, 0.5) is 5.69 Å². The van der Waals surface area contributed by atoms with Crippen molar-refractivity contribution in [3.63, 3.8) is 0 Å². The highest BCUT2D eigenvalue weighted by molar-refractivity contribution is 5.99. The highest BCUT2D eigenvalue weighted by Crippen LogP contribution is 2.16. The van der Waals surface area contributed by atoms with E-state index in [2.05, 4.69) is 19.2 Å². The first-order chi connectivity index (χ1) is 8.93. The Morgan fingerprint density at radius 2 is 1.68 bits per heavy atom. The zero-order valence-corrected chi connectivity index (χ0v) is 11.4. The van der Waals surface area contributed by atoms with Crippen molar-refractivity contribution >= 4 is 17.5 Å². The average Bonchev–Trinajstić information content (AvgIpc) is 2.36. The molecule has 5 nitrogen and oxygen atoms in total.